The maximum atomic E-state index is 12.5. The number of nitrogens with zero attached hydrogens (tertiary/aromatic N) is 2. The average molecular weight is 806 g/mol. The lowest BCUT2D eigenvalue weighted by molar-refractivity contribution is -0.125. The van der Waals surface area contributed by atoms with Crippen LogP contribution in [0, 0.1) is 0 Å². The molecule has 7 atom stereocenters. The fraction of sp³-hybridized carbons (Fsp3) is 0.545. The molecule has 2 spiro atoms. The van der Waals surface area contributed by atoms with E-state index in [4.69, 9.17) is 9.68 Å². The van der Waals surface area contributed by atoms with E-state index in [2.05, 4.69) is 84.7 Å². The van der Waals surface area contributed by atoms with Crippen LogP contribution in [0.2, 0.25) is 0 Å². The molecule has 4 aliphatic rings. The van der Waals surface area contributed by atoms with E-state index in [1.54, 1.807) is 0 Å². The summed E-state index contributed by atoms with van der Waals surface area (Å²) in [5.74, 6) is -1.91. The molecular weight excluding hydrogens is 784 g/mol. The zero-order chi connectivity index (χ0) is 28.7. The van der Waals surface area contributed by atoms with Gasteiger partial charge in [0.05, 0.1) is 15.1 Å². The maximum absolute atomic E-state index is 12.5. The van der Waals surface area contributed by atoms with Crippen LogP contribution in [0.1, 0.15) is 19.3 Å². The van der Waals surface area contributed by atoms with Gasteiger partial charge in [0.15, 0.2) is 22.8 Å². The number of aliphatic hydroxyl groups is 3. The molecule has 1 unspecified atom stereocenters. The fourth-order valence-electron chi connectivity index (χ4n) is 4.30. The van der Waals surface area contributed by atoms with Crippen molar-refractivity contribution in [3.8, 4) is 0 Å². The third-order valence-corrected chi connectivity index (χ3v) is 9.67. The predicted molar refractivity (Wildman–Crippen MR) is 150 cm³/mol. The van der Waals surface area contributed by atoms with Crippen LogP contribution in [0.3, 0.4) is 0 Å². The first-order chi connectivity index (χ1) is 18.3. The highest BCUT2D eigenvalue weighted by Gasteiger charge is 2.54. The van der Waals surface area contributed by atoms with Gasteiger partial charge in [0, 0.05) is 25.9 Å². The van der Waals surface area contributed by atoms with E-state index in [1.165, 1.54) is 12.2 Å². The summed E-state index contributed by atoms with van der Waals surface area (Å²) in [4.78, 5) is 57.9. The van der Waals surface area contributed by atoms with Crippen molar-refractivity contribution < 1.29 is 44.2 Å². The van der Waals surface area contributed by atoms with Gasteiger partial charge in [0.2, 0.25) is 0 Å². The standard InChI is InChI=1S/C22H22Br4N4O9/c23-9-3-21(17(34)13(25)15(9)32)5-11(29-38-21)19(36)27-2-1-8(31)7-28-20(37)12-6-22(39-30-12)4-10(24)16(33)14(26)18(22)35/h3-4,8,13-14,17-18,31,34-35H,1-2,5-7H2,(H,27,36)(H,28,37)/t8?,13-,14-,17+,18+,21-,22-/m1/s1. The molecule has 0 bridgehead atoms. The number of nitrogens with one attached hydrogen (secondary N) is 2. The van der Waals surface area contributed by atoms with Gasteiger partial charge in [-0.05, 0) is 50.4 Å². The van der Waals surface area contributed by atoms with Crippen molar-refractivity contribution >= 4 is 98.5 Å². The Morgan fingerprint density at radius 2 is 1.36 bits per heavy atom. The van der Waals surface area contributed by atoms with Gasteiger partial charge in [0.25, 0.3) is 11.8 Å². The van der Waals surface area contributed by atoms with E-state index in [0.717, 1.165) is 0 Å². The molecule has 0 aromatic rings. The number of rotatable bonds is 7. The van der Waals surface area contributed by atoms with Crippen LogP contribution in [0.4, 0.5) is 0 Å². The first-order valence-electron chi connectivity index (χ1n) is 11.5. The quantitative estimate of drug-likeness (QED) is 0.220. The summed E-state index contributed by atoms with van der Waals surface area (Å²) < 4.78 is 0.389. The zero-order valence-electron chi connectivity index (χ0n) is 19.8. The molecular formula is C22H22Br4N4O9. The van der Waals surface area contributed by atoms with Crippen molar-refractivity contribution in [2.24, 2.45) is 10.3 Å². The minimum absolute atomic E-state index is 0.00798. The summed E-state index contributed by atoms with van der Waals surface area (Å²) in [6.45, 7) is -0.108. The van der Waals surface area contributed by atoms with Crippen molar-refractivity contribution in [1.29, 1.82) is 0 Å². The Hall–Kier alpha value is -1.50. The Balaban J connectivity index is 1.21. The normalized spacial score (nSPS) is 34.5. The number of ketones is 2. The molecule has 2 heterocycles. The molecule has 13 nitrogen and oxygen atoms in total. The Morgan fingerprint density at radius 1 is 0.923 bits per heavy atom. The van der Waals surface area contributed by atoms with E-state index < -0.39 is 51.0 Å². The minimum atomic E-state index is -1.38. The Bertz CT molecular complexity index is 1220. The second kappa shape index (κ2) is 11.8. The second-order valence-electron chi connectivity index (χ2n) is 9.34. The van der Waals surface area contributed by atoms with Crippen molar-refractivity contribution in [1.82, 2.24) is 10.6 Å². The van der Waals surface area contributed by atoms with Gasteiger partial charge in [-0.1, -0.05) is 42.2 Å². The van der Waals surface area contributed by atoms with Crippen LogP contribution in [-0.2, 0) is 28.9 Å². The number of allylic oxidation sites excluding steroid dienone is 2. The number of amides is 2. The van der Waals surface area contributed by atoms with Crippen LogP contribution in [0.15, 0.2) is 31.4 Å². The van der Waals surface area contributed by atoms with Gasteiger partial charge in [-0.3, -0.25) is 19.2 Å². The lowest BCUT2D eigenvalue weighted by Crippen LogP contribution is -2.52. The highest BCUT2D eigenvalue weighted by molar-refractivity contribution is 9.12. The van der Waals surface area contributed by atoms with E-state index in [-0.39, 0.29) is 64.3 Å². The van der Waals surface area contributed by atoms with Crippen molar-refractivity contribution in [3.63, 3.8) is 0 Å². The molecule has 0 radical (unpaired) electrons. The summed E-state index contributed by atoms with van der Waals surface area (Å²) in [6, 6.07) is 0. The molecule has 5 N–H and O–H groups in total. The Kier molecular flexibility index (Phi) is 9.20. The van der Waals surface area contributed by atoms with Gasteiger partial charge < -0.3 is 35.6 Å². The SMILES string of the molecule is O=C(NCCC(O)CNC(=O)C1=NO[C@]2(C=C(Br)C(=O)[C@@H](Br)[C@@H]2O)C1)C1=NO[C@]2(C=C(Br)C(=O)[C@@H](Br)[C@@H]2O)C1. The number of aliphatic hydroxyl groups excluding tert-OH is 3. The van der Waals surface area contributed by atoms with Crippen molar-refractivity contribution in [2.75, 3.05) is 13.1 Å². The first-order valence-corrected chi connectivity index (χ1v) is 15.0. The van der Waals surface area contributed by atoms with Crippen LogP contribution in [-0.4, -0.2) is 102 Å². The molecule has 4 rings (SSSR count). The first kappa shape index (κ1) is 30.5. The maximum Gasteiger partial charge on any atom is 0.269 e. The number of carbonyl (C=O) groups excluding carboxylic acids is 4. The molecule has 0 aromatic carbocycles. The number of carbonyl (C=O) groups is 4. The second-order valence-corrected chi connectivity index (χ2v) is 13.0. The summed E-state index contributed by atoms with van der Waals surface area (Å²) in [5.41, 5.74) is -2.76. The molecule has 0 saturated carbocycles. The van der Waals surface area contributed by atoms with Gasteiger partial charge in [-0.25, -0.2) is 0 Å². The monoisotopic (exact) mass is 802 g/mol. The van der Waals surface area contributed by atoms with Crippen LogP contribution >= 0.6 is 63.7 Å². The zero-order valence-corrected chi connectivity index (χ0v) is 26.1. The number of oxime groups is 2. The lowest BCUT2D eigenvalue weighted by Gasteiger charge is -2.34. The number of Topliss-reactive ketones (excluding diaryl/α,β-unsaturated/α-hetero) is 2. The van der Waals surface area contributed by atoms with Gasteiger partial charge >= 0.3 is 0 Å². The summed E-state index contributed by atoms with van der Waals surface area (Å²) in [5, 5.41) is 43.9. The fourth-order valence-corrected chi connectivity index (χ4v) is 7.58. The van der Waals surface area contributed by atoms with E-state index in [0.29, 0.717) is 0 Å². The number of hydrogen-bond acceptors (Lipinski definition) is 11. The molecule has 0 fully saturated rings. The summed E-state index contributed by atoms with van der Waals surface area (Å²) >= 11 is 12.5. The van der Waals surface area contributed by atoms with Gasteiger partial charge in [0.1, 0.15) is 33.3 Å². The Labute approximate surface area is 255 Å². The third kappa shape index (κ3) is 5.94. The van der Waals surface area contributed by atoms with Crippen molar-refractivity contribution in [2.45, 2.75) is 58.4 Å². The molecule has 39 heavy (non-hydrogen) atoms. The smallest absolute Gasteiger partial charge is 0.269 e. The van der Waals surface area contributed by atoms with Crippen LogP contribution < -0.4 is 10.6 Å². The molecule has 0 aromatic heterocycles. The molecule has 17 heteroatoms. The van der Waals surface area contributed by atoms with Crippen LogP contribution in [0.5, 0.6) is 0 Å². The minimum Gasteiger partial charge on any atom is -0.391 e. The van der Waals surface area contributed by atoms with Crippen LogP contribution in [0.25, 0.3) is 0 Å². The summed E-state index contributed by atoms with van der Waals surface area (Å²) in [6.07, 6.45) is -0.866. The highest BCUT2D eigenvalue weighted by Crippen LogP contribution is 2.41. The molecule has 2 aliphatic heterocycles. The largest absolute Gasteiger partial charge is 0.391 e. The van der Waals surface area contributed by atoms with E-state index >= 15 is 0 Å². The van der Waals surface area contributed by atoms with Crippen molar-refractivity contribution in [3.05, 3.63) is 21.1 Å². The molecule has 0 saturated heterocycles. The molecule has 2 aliphatic carbocycles. The molecule has 212 valence electrons. The molecule has 2 amide bonds. The van der Waals surface area contributed by atoms with E-state index in [1.807, 2.05) is 0 Å². The summed E-state index contributed by atoms with van der Waals surface area (Å²) in [7, 11) is 0. The average Bonchev–Trinajstić information content (AvgIpc) is 3.53. The lowest BCUT2D eigenvalue weighted by atomic mass is 9.83. The number of hydrogen-bond donors (Lipinski definition) is 5. The predicted octanol–water partition coefficient (Wildman–Crippen LogP) is -0.0282. The Morgan fingerprint density at radius 3 is 1.82 bits per heavy atom. The number of alkyl halides is 2. The van der Waals surface area contributed by atoms with E-state index in [9.17, 15) is 34.5 Å². The highest BCUT2D eigenvalue weighted by atomic mass is 79.9. The van der Waals surface area contributed by atoms with Gasteiger partial charge in [-0.15, -0.1) is 0 Å². The topological polar surface area (TPSA) is 196 Å². The van der Waals surface area contributed by atoms with Gasteiger partial charge in [-0.2, -0.15) is 0 Å². The third-order valence-electron chi connectivity index (χ3n) is 6.59. The number of halogens is 4.